The number of nitrogens with zero attached hydrogens (tertiary/aromatic N) is 7. The molecule has 0 aliphatic rings. The Hall–Kier alpha value is -13.4. The number of nitrogens with one attached hydrogen (secondary N) is 3. The smallest absolute Gasteiger partial charge is 0.390 e. The molecule has 3 amide bonds. The van der Waals surface area contributed by atoms with E-state index in [0.29, 0.717) is 61.9 Å². The number of carbonyl (C=O) groups excluding carboxylic acids is 3. The average Bonchev–Trinajstić information content (AvgIpc) is 1.62. The number of fused-ring (bicyclic) bond motifs is 3. The van der Waals surface area contributed by atoms with Gasteiger partial charge in [0.15, 0.2) is 23.3 Å². The summed E-state index contributed by atoms with van der Waals surface area (Å²) in [6.07, 6.45) is 1.08. The summed E-state index contributed by atoms with van der Waals surface area (Å²) in [5, 5.41) is 17.9. The zero-order valence-corrected chi connectivity index (χ0v) is 57.8. The number of hydrogen-bond acceptors (Lipinski definition) is 8. The number of aliphatic hydroxyl groups is 1. The molecule has 0 saturated carbocycles. The molecule has 0 atom stereocenters. The van der Waals surface area contributed by atoms with Crippen molar-refractivity contribution in [3.8, 4) is 67.2 Å². The van der Waals surface area contributed by atoms with E-state index in [2.05, 4.69) is 35.9 Å². The first-order chi connectivity index (χ1) is 52.2. The Bertz CT molecular complexity index is 5990. The minimum absolute atomic E-state index is 0.0381. The van der Waals surface area contributed by atoms with Crippen molar-refractivity contribution in [2.45, 2.75) is 46.7 Å². The predicted octanol–water partition coefficient (Wildman–Crippen LogP) is 20.6. The molecule has 0 fully saturated rings. The number of alkyl halides is 6. The van der Waals surface area contributed by atoms with Crippen LogP contribution in [0.4, 0.5) is 65.4 Å². The van der Waals surface area contributed by atoms with Gasteiger partial charge in [-0.25, -0.2) is 36.9 Å². The van der Waals surface area contributed by atoms with Gasteiger partial charge in [0.05, 0.1) is 70.2 Å². The first kappa shape index (κ1) is 73.9. The highest BCUT2D eigenvalue weighted by molar-refractivity contribution is 6.08. The number of aliphatic hydroxyl groups excluding tert-OH is 1. The van der Waals surface area contributed by atoms with Crippen molar-refractivity contribution < 1.29 is 67.8 Å². The number of aromatic nitrogens is 7. The number of halogens is 11. The zero-order chi connectivity index (χ0) is 77.2. The minimum atomic E-state index is -4.80. The van der Waals surface area contributed by atoms with Crippen molar-refractivity contribution in [1.82, 2.24) is 33.1 Å². The summed E-state index contributed by atoms with van der Waals surface area (Å²) in [6.45, 7) is 6.97. The molecular formula is C84H59F11N10O4. The molecule has 14 nitrogen and oxygen atoms in total. The third-order valence-corrected chi connectivity index (χ3v) is 17.9. The van der Waals surface area contributed by atoms with Crippen LogP contribution in [-0.4, -0.2) is 56.0 Å². The second-order valence-corrected chi connectivity index (χ2v) is 25.3. The molecule has 0 spiro atoms. The lowest BCUT2D eigenvalue weighted by Gasteiger charge is -2.15. The van der Waals surface area contributed by atoms with Gasteiger partial charge in [0, 0.05) is 80.8 Å². The van der Waals surface area contributed by atoms with E-state index < -0.39 is 82.1 Å². The Morgan fingerprint density at radius 1 is 0.404 bits per heavy atom. The highest BCUT2D eigenvalue weighted by Crippen LogP contribution is 2.40. The number of pyridine rings is 4. The molecule has 0 saturated heterocycles. The van der Waals surface area contributed by atoms with E-state index in [1.165, 1.54) is 77.7 Å². The van der Waals surface area contributed by atoms with Crippen LogP contribution in [0.15, 0.2) is 250 Å². The number of hydrogen-bond donors (Lipinski definition) is 4. The third-order valence-electron chi connectivity index (χ3n) is 17.9. The Balaban J connectivity index is 0.000000144. The maximum atomic E-state index is 14.7. The summed E-state index contributed by atoms with van der Waals surface area (Å²) in [6, 6.07) is 52.3. The van der Waals surface area contributed by atoms with Gasteiger partial charge >= 0.3 is 12.4 Å². The summed E-state index contributed by atoms with van der Waals surface area (Å²) in [7, 11) is 0. The Morgan fingerprint density at radius 2 is 0.807 bits per heavy atom. The van der Waals surface area contributed by atoms with Crippen LogP contribution in [0, 0.1) is 56.8 Å². The Labute approximate surface area is 614 Å². The summed E-state index contributed by atoms with van der Waals surface area (Å²) in [4.78, 5) is 56.1. The third kappa shape index (κ3) is 15.7. The van der Waals surface area contributed by atoms with Crippen LogP contribution in [0.1, 0.15) is 70.1 Å². The SMILES string of the molecule is Cc1ccc(NC(=O)c2cc(-c3cccn4c(-c5cccc(F)c5F)c(CO)nc34)ccc2C(F)(F)F)cc1.Cc1ccc(NC(=O)c2cc(-c3cccn4c(-c5cccc(F)c5F)cnc34)ccc2C)cc1.Cc1ccc(NC(=O)c2cc(-c3cccn4c(-c5cncc(F)c5)cnc34)ccc2C(F)(F)F)cc1. The van der Waals surface area contributed by atoms with Gasteiger partial charge in [0.1, 0.15) is 22.8 Å². The van der Waals surface area contributed by atoms with E-state index in [1.54, 1.807) is 94.0 Å². The second-order valence-electron chi connectivity index (χ2n) is 25.3. The van der Waals surface area contributed by atoms with Crippen LogP contribution in [0.2, 0.25) is 0 Å². The first-order valence-electron chi connectivity index (χ1n) is 33.4. The lowest BCUT2D eigenvalue weighted by Crippen LogP contribution is -2.19. The number of rotatable bonds is 13. The van der Waals surface area contributed by atoms with Crippen LogP contribution in [-0.2, 0) is 19.0 Å². The lowest BCUT2D eigenvalue weighted by molar-refractivity contribution is -0.138. The van der Waals surface area contributed by atoms with E-state index in [1.807, 2.05) is 82.3 Å². The molecular weight excluding hydrogens is 1420 g/mol. The molecule has 15 aromatic rings. The summed E-state index contributed by atoms with van der Waals surface area (Å²) in [5.74, 6) is -6.60. The standard InChI is InChI=1S/C29H20F5N3O2.C28H21F2N3O.C27H18F4N4O/c1-16-7-10-18(11-8-16)35-28(39)21-14-17(9-12-22(21)29(32,33)34)19-5-3-13-37-26(24(15-38)36-27(19)37)20-4-2-6-23(30)25(20)31;1-17-8-12-20(13-9-17)32-28(34)23-15-19(11-10-18(23)2)21-6-4-14-33-25(16-31-27(21)33)22-5-3-7-24(29)26(22)30;1-16-4-7-20(8-5-16)34-26(36)22-12-17(6-9-23(22)27(29,30)31)21-3-2-10-35-24(15-33-25(21)35)18-11-19(28)14-32-13-18/h2-14,38H,15H2,1H3,(H,35,39);3-16H,1-2H3,(H,32,34);2-15H,1H3,(H,34,36). The van der Waals surface area contributed by atoms with Gasteiger partial charge in [-0.3, -0.25) is 32.6 Å². The molecule has 546 valence electrons. The van der Waals surface area contributed by atoms with Crippen LogP contribution < -0.4 is 16.0 Å². The van der Waals surface area contributed by atoms with E-state index in [0.717, 1.165) is 75.6 Å². The van der Waals surface area contributed by atoms with Crippen molar-refractivity contribution in [3.63, 3.8) is 0 Å². The van der Waals surface area contributed by atoms with Gasteiger partial charge < -0.3 is 21.1 Å². The van der Waals surface area contributed by atoms with Crippen LogP contribution in [0.5, 0.6) is 0 Å². The molecule has 25 heteroatoms. The van der Waals surface area contributed by atoms with Crippen molar-refractivity contribution in [2.24, 2.45) is 0 Å². The largest absolute Gasteiger partial charge is 0.417 e. The number of imidazole rings is 3. The summed E-state index contributed by atoms with van der Waals surface area (Å²) >= 11 is 0. The quantitative estimate of drug-likeness (QED) is 0.0826. The van der Waals surface area contributed by atoms with Crippen molar-refractivity contribution in [1.29, 1.82) is 0 Å². The fraction of sp³-hybridized carbons (Fsp3) is 0.0833. The molecule has 109 heavy (non-hydrogen) atoms. The molecule has 0 aliphatic heterocycles. The first-order valence-corrected chi connectivity index (χ1v) is 33.4. The molecule has 0 aliphatic carbocycles. The number of aryl methyl sites for hydroxylation is 4. The molecule has 0 bridgehead atoms. The van der Waals surface area contributed by atoms with Crippen molar-refractivity contribution in [3.05, 3.63) is 334 Å². The van der Waals surface area contributed by atoms with E-state index in [9.17, 15) is 67.8 Å². The fourth-order valence-electron chi connectivity index (χ4n) is 12.4. The van der Waals surface area contributed by atoms with Gasteiger partial charge in [-0.05, 0) is 183 Å². The monoisotopic (exact) mass is 1480 g/mol. The summed E-state index contributed by atoms with van der Waals surface area (Å²) in [5.41, 5.74) is 8.29. The van der Waals surface area contributed by atoms with Gasteiger partial charge in [-0.15, -0.1) is 0 Å². The minimum Gasteiger partial charge on any atom is -0.390 e. The number of benzene rings is 8. The number of anilines is 3. The highest BCUT2D eigenvalue weighted by atomic mass is 19.4. The second kappa shape index (κ2) is 30.6. The van der Waals surface area contributed by atoms with Crippen LogP contribution >= 0.6 is 0 Å². The fourth-order valence-corrected chi connectivity index (χ4v) is 12.4. The maximum absolute atomic E-state index is 14.7. The van der Waals surface area contributed by atoms with Crippen molar-refractivity contribution in [2.75, 3.05) is 16.0 Å². The molecule has 8 aromatic carbocycles. The molecule has 7 heterocycles. The number of amides is 3. The number of carbonyl (C=O) groups is 3. The van der Waals surface area contributed by atoms with Crippen LogP contribution in [0.3, 0.4) is 0 Å². The Kier molecular flexibility index (Phi) is 20.7. The van der Waals surface area contributed by atoms with Crippen LogP contribution in [0.25, 0.3) is 84.1 Å². The van der Waals surface area contributed by atoms with E-state index in [4.69, 9.17) is 0 Å². The van der Waals surface area contributed by atoms with E-state index in [-0.39, 0.29) is 39.6 Å². The summed E-state index contributed by atoms with van der Waals surface area (Å²) < 4.78 is 158. The van der Waals surface area contributed by atoms with Gasteiger partial charge in [0.2, 0.25) is 0 Å². The molecule has 0 radical (unpaired) electrons. The maximum Gasteiger partial charge on any atom is 0.417 e. The predicted molar refractivity (Wildman–Crippen MR) is 394 cm³/mol. The average molecular weight is 1480 g/mol. The zero-order valence-electron chi connectivity index (χ0n) is 57.8. The highest BCUT2D eigenvalue weighted by Gasteiger charge is 2.37. The topological polar surface area (TPSA) is 172 Å². The molecule has 7 aromatic heterocycles. The van der Waals surface area contributed by atoms with Crippen molar-refractivity contribution >= 4 is 51.7 Å². The van der Waals surface area contributed by atoms with Gasteiger partial charge in [-0.2, -0.15) is 26.3 Å². The van der Waals surface area contributed by atoms with Gasteiger partial charge in [-0.1, -0.05) is 89.5 Å². The Morgan fingerprint density at radius 3 is 1.28 bits per heavy atom. The molecule has 0 unspecified atom stereocenters. The normalized spacial score (nSPS) is 11.4. The molecule has 15 rings (SSSR count). The lowest BCUT2D eigenvalue weighted by atomic mass is 9.98. The van der Waals surface area contributed by atoms with E-state index >= 15 is 0 Å². The van der Waals surface area contributed by atoms with Gasteiger partial charge in [0.25, 0.3) is 17.7 Å². The molecule has 4 N–H and O–H groups in total.